The van der Waals surface area contributed by atoms with Crippen LogP contribution in [0.5, 0.6) is 0 Å². The quantitative estimate of drug-likeness (QED) is 0.878. The fourth-order valence-corrected chi connectivity index (χ4v) is 2.20. The first kappa shape index (κ1) is 15.8. The smallest absolute Gasteiger partial charge is 0.335 e. The van der Waals surface area contributed by atoms with Crippen LogP contribution in [0.15, 0.2) is 24.3 Å². The Morgan fingerprint density at radius 3 is 2.33 bits per heavy atom. The summed E-state index contributed by atoms with van der Waals surface area (Å²) in [6.45, 7) is 0.830. The molecule has 0 aromatic heterocycles. The molecule has 1 saturated carbocycles. The molecule has 3 nitrogen and oxygen atoms in total. The van der Waals surface area contributed by atoms with E-state index in [9.17, 15) is 18.0 Å². The standard InChI is InChI=1S/C15H19F3N2O/c16-15(17,18)12-5-3-11(4-6-12)10-20(13-7-8-13)14(21)2-1-9-19/h3-6,13H,1-2,7-10,19H2. The Hall–Kier alpha value is -1.56. The third-order valence-corrected chi connectivity index (χ3v) is 3.54. The van der Waals surface area contributed by atoms with E-state index in [0.29, 0.717) is 25.9 Å². The molecule has 1 fully saturated rings. The van der Waals surface area contributed by atoms with Crippen molar-refractivity contribution >= 4 is 5.91 Å². The Labute approximate surface area is 121 Å². The van der Waals surface area contributed by atoms with Crippen molar-refractivity contribution in [3.63, 3.8) is 0 Å². The minimum absolute atomic E-state index is 0.0304. The Morgan fingerprint density at radius 2 is 1.86 bits per heavy atom. The SMILES string of the molecule is NCCCC(=O)N(Cc1ccc(C(F)(F)F)cc1)C1CC1. The van der Waals surface area contributed by atoms with Gasteiger partial charge in [0.25, 0.3) is 0 Å². The molecule has 0 heterocycles. The number of hydrogen-bond acceptors (Lipinski definition) is 2. The van der Waals surface area contributed by atoms with Crippen molar-refractivity contribution in [1.29, 1.82) is 0 Å². The van der Waals surface area contributed by atoms with Gasteiger partial charge in [0, 0.05) is 19.0 Å². The van der Waals surface area contributed by atoms with Crippen LogP contribution in [0.25, 0.3) is 0 Å². The highest BCUT2D eigenvalue weighted by atomic mass is 19.4. The number of benzene rings is 1. The molecule has 1 amide bonds. The summed E-state index contributed by atoms with van der Waals surface area (Å²) in [5.74, 6) is 0.0304. The maximum absolute atomic E-state index is 12.5. The molecule has 1 aliphatic rings. The summed E-state index contributed by atoms with van der Waals surface area (Å²) in [7, 11) is 0. The highest BCUT2D eigenvalue weighted by molar-refractivity contribution is 5.76. The summed E-state index contributed by atoms with van der Waals surface area (Å²) >= 11 is 0. The third-order valence-electron chi connectivity index (χ3n) is 3.54. The van der Waals surface area contributed by atoms with Crippen LogP contribution in [-0.2, 0) is 17.5 Å². The fourth-order valence-electron chi connectivity index (χ4n) is 2.20. The zero-order chi connectivity index (χ0) is 15.5. The van der Waals surface area contributed by atoms with Gasteiger partial charge in [-0.2, -0.15) is 13.2 Å². The zero-order valence-corrected chi connectivity index (χ0v) is 11.7. The molecule has 2 rings (SSSR count). The average Bonchev–Trinajstić information content (AvgIpc) is 3.26. The predicted molar refractivity (Wildman–Crippen MR) is 73.3 cm³/mol. The van der Waals surface area contributed by atoms with E-state index in [4.69, 9.17) is 5.73 Å². The highest BCUT2D eigenvalue weighted by Gasteiger charge is 2.33. The van der Waals surface area contributed by atoms with Gasteiger partial charge in [0.05, 0.1) is 5.56 Å². The lowest BCUT2D eigenvalue weighted by molar-refractivity contribution is -0.137. The van der Waals surface area contributed by atoms with Crippen LogP contribution in [0, 0.1) is 0 Å². The molecule has 0 saturated heterocycles. The molecule has 2 N–H and O–H groups in total. The number of nitrogens with two attached hydrogens (primary N) is 1. The molecular weight excluding hydrogens is 281 g/mol. The topological polar surface area (TPSA) is 46.3 Å². The molecule has 0 spiro atoms. The largest absolute Gasteiger partial charge is 0.416 e. The number of hydrogen-bond donors (Lipinski definition) is 1. The van der Waals surface area contributed by atoms with Crippen LogP contribution in [0.1, 0.15) is 36.8 Å². The molecule has 1 aliphatic carbocycles. The molecule has 0 radical (unpaired) electrons. The molecule has 0 atom stereocenters. The zero-order valence-electron chi connectivity index (χ0n) is 11.7. The van der Waals surface area contributed by atoms with E-state index >= 15 is 0 Å². The molecule has 1 aromatic rings. The van der Waals surface area contributed by atoms with Gasteiger partial charge in [-0.15, -0.1) is 0 Å². The average molecular weight is 300 g/mol. The molecule has 116 valence electrons. The van der Waals surface area contributed by atoms with E-state index in [2.05, 4.69) is 0 Å². The molecule has 0 bridgehead atoms. The fraction of sp³-hybridized carbons (Fsp3) is 0.533. The van der Waals surface area contributed by atoms with Gasteiger partial charge < -0.3 is 10.6 Å². The minimum atomic E-state index is -4.33. The van der Waals surface area contributed by atoms with Crippen molar-refractivity contribution in [3.05, 3.63) is 35.4 Å². The lowest BCUT2D eigenvalue weighted by Gasteiger charge is -2.23. The number of carbonyl (C=O) groups is 1. The summed E-state index contributed by atoms with van der Waals surface area (Å²) in [5, 5.41) is 0. The highest BCUT2D eigenvalue weighted by Crippen LogP contribution is 2.31. The Bertz CT molecular complexity index is 481. The van der Waals surface area contributed by atoms with Crippen molar-refractivity contribution in [1.82, 2.24) is 4.90 Å². The van der Waals surface area contributed by atoms with Gasteiger partial charge in [0.15, 0.2) is 0 Å². The Kier molecular flexibility index (Phi) is 4.88. The summed E-state index contributed by atoms with van der Waals surface area (Å²) in [5.41, 5.74) is 5.45. The van der Waals surface area contributed by atoms with Gasteiger partial charge in [-0.1, -0.05) is 12.1 Å². The van der Waals surface area contributed by atoms with E-state index in [1.165, 1.54) is 12.1 Å². The number of alkyl halides is 3. The van der Waals surface area contributed by atoms with E-state index in [1.54, 1.807) is 4.90 Å². The second-order valence-electron chi connectivity index (χ2n) is 5.34. The van der Waals surface area contributed by atoms with Crippen LogP contribution in [0.3, 0.4) is 0 Å². The molecule has 0 unspecified atom stereocenters. The van der Waals surface area contributed by atoms with Gasteiger partial charge in [0.1, 0.15) is 0 Å². The number of amides is 1. The molecule has 6 heteroatoms. The predicted octanol–water partition coefficient (Wildman–Crippen LogP) is 2.94. The first-order valence-electron chi connectivity index (χ1n) is 7.07. The minimum Gasteiger partial charge on any atom is -0.335 e. The van der Waals surface area contributed by atoms with Crippen molar-refractivity contribution in [3.8, 4) is 0 Å². The van der Waals surface area contributed by atoms with E-state index in [1.807, 2.05) is 0 Å². The number of halogens is 3. The summed E-state index contributed by atoms with van der Waals surface area (Å²) < 4.78 is 37.5. The third kappa shape index (κ3) is 4.46. The lowest BCUT2D eigenvalue weighted by atomic mass is 10.1. The van der Waals surface area contributed by atoms with E-state index < -0.39 is 11.7 Å². The van der Waals surface area contributed by atoms with Crippen molar-refractivity contribution in [2.45, 2.75) is 44.4 Å². The van der Waals surface area contributed by atoms with Gasteiger partial charge in [-0.3, -0.25) is 4.79 Å². The van der Waals surface area contributed by atoms with E-state index in [-0.39, 0.29) is 11.9 Å². The summed E-state index contributed by atoms with van der Waals surface area (Å²) in [6.07, 6.45) is -1.36. The Morgan fingerprint density at radius 1 is 1.24 bits per heavy atom. The number of nitrogens with zero attached hydrogens (tertiary/aromatic N) is 1. The molecular formula is C15H19F3N2O. The molecule has 0 aliphatic heterocycles. The van der Waals surface area contributed by atoms with E-state index in [0.717, 1.165) is 30.5 Å². The normalized spacial score (nSPS) is 15.0. The van der Waals surface area contributed by atoms with Crippen LogP contribution in [0.2, 0.25) is 0 Å². The van der Waals surface area contributed by atoms with Gasteiger partial charge in [-0.25, -0.2) is 0 Å². The van der Waals surface area contributed by atoms with Gasteiger partial charge in [0.2, 0.25) is 5.91 Å². The van der Waals surface area contributed by atoms with Gasteiger partial charge >= 0.3 is 6.18 Å². The molecule has 21 heavy (non-hydrogen) atoms. The van der Waals surface area contributed by atoms with Crippen LogP contribution in [0.4, 0.5) is 13.2 Å². The summed E-state index contributed by atoms with van der Waals surface area (Å²) in [6, 6.07) is 5.23. The Balaban J connectivity index is 2.02. The van der Waals surface area contributed by atoms with Crippen LogP contribution in [-0.4, -0.2) is 23.4 Å². The van der Waals surface area contributed by atoms with Crippen LogP contribution < -0.4 is 5.73 Å². The van der Waals surface area contributed by atoms with Gasteiger partial charge in [-0.05, 0) is 43.5 Å². The molecule has 1 aromatic carbocycles. The first-order chi connectivity index (χ1) is 9.91. The van der Waals surface area contributed by atoms with Crippen molar-refractivity contribution in [2.24, 2.45) is 5.73 Å². The lowest BCUT2D eigenvalue weighted by Crippen LogP contribution is -2.32. The number of rotatable bonds is 6. The first-order valence-corrected chi connectivity index (χ1v) is 7.07. The van der Waals surface area contributed by atoms with Crippen molar-refractivity contribution in [2.75, 3.05) is 6.54 Å². The maximum Gasteiger partial charge on any atom is 0.416 e. The van der Waals surface area contributed by atoms with Crippen LogP contribution >= 0.6 is 0 Å². The van der Waals surface area contributed by atoms with Crippen molar-refractivity contribution < 1.29 is 18.0 Å². The monoisotopic (exact) mass is 300 g/mol. The maximum atomic E-state index is 12.5. The number of carbonyl (C=O) groups excluding carboxylic acids is 1. The summed E-state index contributed by atoms with van der Waals surface area (Å²) in [4.78, 5) is 13.9. The second-order valence-corrected chi connectivity index (χ2v) is 5.34. The second kappa shape index (κ2) is 6.47.